The van der Waals surface area contributed by atoms with E-state index in [-0.39, 0.29) is 12.5 Å². The van der Waals surface area contributed by atoms with E-state index in [0.29, 0.717) is 12.5 Å². The first-order valence-electron chi connectivity index (χ1n) is 5.06. The van der Waals surface area contributed by atoms with E-state index in [1.54, 1.807) is 4.52 Å². The van der Waals surface area contributed by atoms with Crippen molar-refractivity contribution in [1.29, 1.82) is 0 Å². The number of aromatic nitrogens is 3. The third kappa shape index (κ3) is 2.33. The lowest BCUT2D eigenvalue weighted by molar-refractivity contribution is 0.244. The summed E-state index contributed by atoms with van der Waals surface area (Å²) in [6.45, 7) is 2.77. The molecular weight excluding hydrogens is 272 g/mol. The van der Waals surface area contributed by atoms with Gasteiger partial charge in [-0.15, -0.1) is 5.10 Å². The molecule has 0 aliphatic carbocycles. The van der Waals surface area contributed by atoms with Gasteiger partial charge in [0.2, 0.25) is 5.95 Å². The lowest BCUT2D eigenvalue weighted by Crippen LogP contribution is -2.15. The van der Waals surface area contributed by atoms with Gasteiger partial charge in [0.25, 0.3) is 0 Å². The molecule has 0 saturated carbocycles. The zero-order valence-electron chi connectivity index (χ0n) is 8.89. The third-order valence-corrected chi connectivity index (χ3v) is 2.85. The van der Waals surface area contributed by atoms with E-state index in [9.17, 15) is 0 Å². The quantitative estimate of drug-likeness (QED) is 0.894. The maximum absolute atomic E-state index is 8.90. The topological polar surface area (TPSA) is 62.5 Å². The SMILES string of the molecule is CC(CO)CNc1nc2c(Br)cccn2n1. The van der Waals surface area contributed by atoms with Gasteiger partial charge in [-0.25, -0.2) is 4.52 Å². The molecular formula is C10H13BrN4O. The van der Waals surface area contributed by atoms with E-state index in [2.05, 4.69) is 31.3 Å². The Labute approximate surface area is 102 Å². The molecule has 2 N–H and O–H groups in total. The van der Waals surface area contributed by atoms with Crippen molar-refractivity contribution in [1.82, 2.24) is 14.6 Å². The summed E-state index contributed by atoms with van der Waals surface area (Å²) in [6.07, 6.45) is 1.84. The Bertz CT molecular complexity index is 485. The minimum atomic E-state index is 0.157. The van der Waals surface area contributed by atoms with Crippen LogP contribution in [-0.4, -0.2) is 32.9 Å². The molecule has 2 aromatic rings. The number of hydrogen-bond acceptors (Lipinski definition) is 4. The maximum atomic E-state index is 8.90. The number of aliphatic hydroxyl groups is 1. The molecule has 0 radical (unpaired) electrons. The largest absolute Gasteiger partial charge is 0.396 e. The molecule has 0 spiro atoms. The van der Waals surface area contributed by atoms with Crippen LogP contribution in [0, 0.1) is 5.92 Å². The van der Waals surface area contributed by atoms with E-state index in [1.807, 2.05) is 25.3 Å². The number of pyridine rings is 1. The maximum Gasteiger partial charge on any atom is 0.243 e. The van der Waals surface area contributed by atoms with Gasteiger partial charge in [-0.1, -0.05) is 6.92 Å². The zero-order valence-corrected chi connectivity index (χ0v) is 10.5. The molecule has 2 heterocycles. The van der Waals surface area contributed by atoms with Crippen molar-refractivity contribution < 1.29 is 5.11 Å². The van der Waals surface area contributed by atoms with Crippen LogP contribution >= 0.6 is 15.9 Å². The minimum Gasteiger partial charge on any atom is -0.396 e. The number of fused-ring (bicyclic) bond motifs is 1. The summed E-state index contributed by atoms with van der Waals surface area (Å²) < 4.78 is 2.61. The summed E-state index contributed by atoms with van der Waals surface area (Å²) in [5.41, 5.74) is 0.779. The highest BCUT2D eigenvalue weighted by Gasteiger charge is 2.06. The van der Waals surface area contributed by atoms with Crippen LogP contribution in [0.15, 0.2) is 22.8 Å². The van der Waals surface area contributed by atoms with Gasteiger partial charge in [-0.2, -0.15) is 4.98 Å². The Morgan fingerprint density at radius 2 is 2.44 bits per heavy atom. The van der Waals surface area contributed by atoms with Crippen LogP contribution in [0.1, 0.15) is 6.92 Å². The molecule has 0 aliphatic heterocycles. The Morgan fingerprint density at radius 1 is 1.62 bits per heavy atom. The molecule has 0 amide bonds. The molecule has 2 rings (SSSR count). The van der Waals surface area contributed by atoms with Gasteiger partial charge < -0.3 is 10.4 Å². The zero-order chi connectivity index (χ0) is 11.5. The molecule has 0 aliphatic rings. The van der Waals surface area contributed by atoms with Gasteiger partial charge in [0.15, 0.2) is 5.65 Å². The van der Waals surface area contributed by atoms with Gasteiger partial charge >= 0.3 is 0 Å². The monoisotopic (exact) mass is 284 g/mol. The molecule has 1 atom stereocenters. The lowest BCUT2D eigenvalue weighted by atomic mass is 10.2. The van der Waals surface area contributed by atoms with Gasteiger partial charge in [-0.05, 0) is 34.0 Å². The normalized spacial score (nSPS) is 12.9. The Hall–Kier alpha value is -1.14. The number of nitrogens with one attached hydrogen (secondary N) is 1. The van der Waals surface area contributed by atoms with Crippen molar-refractivity contribution in [2.45, 2.75) is 6.92 Å². The first kappa shape index (κ1) is 11.3. The standard InChI is InChI=1S/C10H13BrN4O/c1-7(6-16)5-12-10-13-9-8(11)3-2-4-15(9)14-10/h2-4,7,16H,5-6H2,1H3,(H,12,14). The van der Waals surface area contributed by atoms with E-state index < -0.39 is 0 Å². The summed E-state index contributed by atoms with van der Waals surface area (Å²) in [5.74, 6) is 0.766. The van der Waals surface area contributed by atoms with Crippen LogP contribution in [-0.2, 0) is 0 Å². The molecule has 1 unspecified atom stereocenters. The molecule has 0 aromatic carbocycles. The second-order valence-electron chi connectivity index (χ2n) is 3.73. The van der Waals surface area contributed by atoms with Crippen molar-refractivity contribution >= 4 is 27.5 Å². The average Bonchev–Trinajstić information content (AvgIpc) is 2.70. The minimum absolute atomic E-state index is 0.157. The van der Waals surface area contributed by atoms with Crippen LogP contribution in [0.2, 0.25) is 0 Å². The predicted molar refractivity (Wildman–Crippen MR) is 65.4 cm³/mol. The van der Waals surface area contributed by atoms with E-state index in [0.717, 1.165) is 10.1 Å². The molecule has 0 saturated heterocycles. The van der Waals surface area contributed by atoms with Crippen molar-refractivity contribution in [3.05, 3.63) is 22.8 Å². The number of halogens is 1. The highest BCUT2D eigenvalue weighted by atomic mass is 79.9. The van der Waals surface area contributed by atoms with E-state index >= 15 is 0 Å². The molecule has 0 fully saturated rings. The van der Waals surface area contributed by atoms with Crippen LogP contribution < -0.4 is 5.32 Å². The molecule has 16 heavy (non-hydrogen) atoms. The molecule has 0 bridgehead atoms. The summed E-state index contributed by atoms with van der Waals surface area (Å²) >= 11 is 3.41. The fraction of sp³-hybridized carbons (Fsp3) is 0.400. The van der Waals surface area contributed by atoms with Gasteiger partial charge in [0.05, 0.1) is 4.47 Å². The number of hydrogen-bond donors (Lipinski definition) is 2. The Morgan fingerprint density at radius 3 is 3.12 bits per heavy atom. The Balaban J connectivity index is 2.17. The van der Waals surface area contributed by atoms with Gasteiger partial charge in [-0.3, -0.25) is 0 Å². The average molecular weight is 285 g/mol. The molecule has 5 nitrogen and oxygen atoms in total. The lowest BCUT2D eigenvalue weighted by Gasteiger charge is -2.06. The third-order valence-electron chi connectivity index (χ3n) is 2.24. The summed E-state index contributed by atoms with van der Waals surface area (Å²) in [5, 5.41) is 16.3. The van der Waals surface area contributed by atoms with Gasteiger partial charge in [0.1, 0.15) is 0 Å². The van der Waals surface area contributed by atoms with Crippen molar-refractivity contribution in [3.63, 3.8) is 0 Å². The number of rotatable bonds is 4. The van der Waals surface area contributed by atoms with Crippen molar-refractivity contribution in [3.8, 4) is 0 Å². The van der Waals surface area contributed by atoms with E-state index in [4.69, 9.17) is 5.11 Å². The number of anilines is 1. The van der Waals surface area contributed by atoms with E-state index in [1.165, 1.54) is 0 Å². The second-order valence-corrected chi connectivity index (χ2v) is 4.58. The first-order chi connectivity index (χ1) is 7.70. The van der Waals surface area contributed by atoms with Crippen LogP contribution in [0.5, 0.6) is 0 Å². The summed E-state index contributed by atoms with van der Waals surface area (Å²) in [6, 6.07) is 3.82. The van der Waals surface area contributed by atoms with Crippen molar-refractivity contribution in [2.75, 3.05) is 18.5 Å². The first-order valence-corrected chi connectivity index (χ1v) is 5.85. The molecule has 86 valence electrons. The van der Waals surface area contributed by atoms with Crippen LogP contribution in [0.3, 0.4) is 0 Å². The molecule has 2 aromatic heterocycles. The Kier molecular flexibility index (Phi) is 3.40. The van der Waals surface area contributed by atoms with Gasteiger partial charge in [0, 0.05) is 19.3 Å². The fourth-order valence-electron chi connectivity index (χ4n) is 1.28. The number of aliphatic hydroxyl groups excluding tert-OH is 1. The van der Waals surface area contributed by atoms with Crippen molar-refractivity contribution in [2.24, 2.45) is 5.92 Å². The fourth-order valence-corrected chi connectivity index (χ4v) is 1.70. The van der Waals surface area contributed by atoms with Crippen LogP contribution in [0.4, 0.5) is 5.95 Å². The molecule has 6 heteroatoms. The smallest absolute Gasteiger partial charge is 0.243 e. The van der Waals surface area contributed by atoms with Crippen LogP contribution in [0.25, 0.3) is 5.65 Å². The second kappa shape index (κ2) is 4.80. The highest BCUT2D eigenvalue weighted by molar-refractivity contribution is 9.10. The summed E-state index contributed by atoms with van der Waals surface area (Å²) in [7, 11) is 0. The highest BCUT2D eigenvalue weighted by Crippen LogP contribution is 2.16. The number of nitrogens with zero attached hydrogens (tertiary/aromatic N) is 3. The predicted octanol–water partition coefficient (Wildman–Crippen LogP) is 1.53. The summed E-state index contributed by atoms with van der Waals surface area (Å²) in [4.78, 5) is 4.33.